The van der Waals surface area contributed by atoms with E-state index in [1.54, 1.807) is 26.8 Å². The van der Waals surface area contributed by atoms with Crippen molar-refractivity contribution in [2.24, 2.45) is 5.92 Å². The van der Waals surface area contributed by atoms with E-state index in [4.69, 9.17) is 10.5 Å². The molecule has 0 fully saturated rings. The second-order valence-electron chi connectivity index (χ2n) is 7.38. The van der Waals surface area contributed by atoms with E-state index in [0.717, 1.165) is 4.47 Å². The summed E-state index contributed by atoms with van der Waals surface area (Å²) in [6, 6.07) is 5.01. The fourth-order valence-electron chi connectivity index (χ4n) is 2.19. The summed E-state index contributed by atoms with van der Waals surface area (Å²) in [6.07, 6.45) is 0.0250. The molecule has 0 aliphatic rings. The summed E-state index contributed by atoms with van der Waals surface area (Å²) < 4.78 is 6.02. The van der Waals surface area contributed by atoms with Gasteiger partial charge >= 0.3 is 6.09 Å². The highest BCUT2D eigenvalue weighted by atomic mass is 79.9. The van der Waals surface area contributed by atoms with Crippen molar-refractivity contribution in [1.29, 1.82) is 0 Å². The zero-order valence-corrected chi connectivity index (χ0v) is 17.1. The van der Waals surface area contributed by atoms with Crippen LogP contribution in [0.1, 0.15) is 41.0 Å². The molecule has 0 aromatic heterocycles. The third-order valence-corrected chi connectivity index (χ3v) is 3.74. The van der Waals surface area contributed by atoms with E-state index in [1.807, 2.05) is 26.0 Å². The van der Waals surface area contributed by atoms with Crippen LogP contribution in [0.2, 0.25) is 0 Å². The maximum atomic E-state index is 12.5. The molecule has 7 heteroatoms. The number of rotatable bonds is 7. The number of Topliss-reactive ketones (excluding diaryl/α,β-unsaturated/α-hetero) is 1. The van der Waals surface area contributed by atoms with E-state index in [9.17, 15) is 9.59 Å². The van der Waals surface area contributed by atoms with Crippen LogP contribution in [0.4, 0.5) is 16.2 Å². The molecule has 0 saturated carbocycles. The quantitative estimate of drug-likeness (QED) is 0.588. The number of benzene rings is 1. The van der Waals surface area contributed by atoms with Crippen LogP contribution in [0.25, 0.3) is 0 Å². The number of ether oxygens (including phenoxy) is 1. The van der Waals surface area contributed by atoms with Gasteiger partial charge in [0.05, 0.1) is 24.0 Å². The molecule has 1 rings (SSSR count). The molecule has 0 radical (unpaired) electrons. The van der Waals surface area contributed by atoms with Gasteiger partial charge in [-0.15, -0.1) is 0 Å². The zero-order valence-electron chi connectivity index (χ0n) is 15.5. The van der Waals surface area contributed by atoms with Crippen molar-refractivity contribution in [2.45, 2.75) is 52.7 Å². The monoisotopic (exact) mass is 413 g/mol. The topological polar surface area (TPSA) is 93.5 Å². The molecule has 0 heterocycles. The summed E-state index contributed by atoms with van der Waals surface area (Å²) in [5, 5.41) is 5.70. The van der Waals surface area contributed by atoms with Gasteiger partial charge in [-0.05, 0) is 51.3 Å². The molecule has 0 aliphatic heterocycles. The van der Waals surface area contributed by atoms with Crippen molar-refractivity contribution in [3.63, 3.8) is 0 Å². The Bertz CT molecular complexity index is 612. The molecule has 0 spiro atoms. The molecule has 4 N–H and O–H groups in total. The first-order valence-corrected chi connectivity index (χ1v) is 9.08. The van der Waals surface area contributed by atoms with Crippen LogP contribution in [0, 0.1) is 5.92 Å². The van der Waals surface area contributed by atoms with Gasteiger partial charge in [0.15, 0.2) is 5.78 Å². The number of nitrogen functional groups attached to an aromatic ring is 1. The van der Waals surface area contributed by atoms with Crippen molar-refractivity contribution < 1.29 is 14.3 Å². The number of nitrogens with two attached hydrogens (primary N) is 1. The second kappa shape index (κ2) is 9.08. The van der Waals surface area contributed by atoms with Gasteiger partial charge in [-0.2, -0.15) is 0 Å². The average molecular weight is 414 g/mol. The molecule has 25 heavy (non-hydrogen) atoms. The highest BCUT2D eigenvalue weighted by Gasteiger charge is 2.22. The number of amides is 1. The van der Waals surface area contributed by atoms with E-state index in [2.05, 4.69) is 26.6 Å². The van der Waals surface area contributed by atoms with E-state index in [0.29, 0.717) is 23.7 Å². The van der Waals surface area contributed by atoms with E-state index in [-0.39, 0.29) is 12.3 Å². The summed E-state index contributed by atoms with van der Waals surface area (Å²) >= 11 is 3.36. The van der Waals surface area contributed by atoms with Crippen LogP contribution in [0.5, 0.6) is 0 Å². The summed E-state index contributed by atoms with van der Waals surface area (Å²) in [6.45, 7) is 9.29. The number of carbonyl (C=O) groups is 2. The molecular weight excluding hydrogens is 386 g/mol. The number of ketones is 1. The standard InChI is InChI=1S/C18H28BrN3O3/c1-11(2)8-15(22-14-7-6-12(19)9-13(14)20)16(23)10-21-17(24)25-18(3,4)5/h6-7,9,11,15,22H,8,10,20H2,1-5H3,(H,21,24)/t15-/m1/s1. The van der Waals surface area contributed by atoms with Crippen LogP contribution >= 0.6 is 15.9 Å². The van der Waals surface area contributed by atoms with Crippen LogP contribution < -0.4 is 16.4 Å². The van der Waals surface area contributed by atoms with E-state index >= 15 is 0 Å². The minimum Gasteiger partial charge on any atom is -0.444 e. The van der Waals surface area contributed by atoms with Gasteiger partial charge < -0.3 is 21.1 Å². The molecule has 0 saturated heterocycles. The van der Waals surface area contributed by atoms with E-state index in [1.165, 1.54) is 0 Å². The van der Waals surface area contributed by atoms with Gasteiger partial charge in [-0.1, -0.05) is 29.8 Å². The molecule has 0 aliphatic carbocycles. The highest BCUT2D eigenvalue weighted by Crippen LogP contribution is 2.24. The van der Waals surface area contributed by atoms with Crippen LogP contribution in [0.3, 0.4) is 0 Å². The molecule has 6 nitrogen and oxygen atoms in total. The zero-order chi connectivity index (χ0) is 19.2. The van der Waals surface area contributed by atoms with Crippen molar-refractivity contribution in [1.82, 2.24) is 5.32 Å². The lowest BCUT2D eigenvalue weighted by molar-refractivity contribution is -0.119. The summed E-state index contributed by atoms with van der Waals surface area (Å²) in [5.41, 5.74) is 6.64. The summed E-state index contributed by atoms with van der Waals surface area (Å²) in [7, 11) is 0. The van der Waals surface area contributed by atoms with Gasteiger partial charge in [0.1, 0.15) is 5.60 Å². The lowest BCUT2D eigenvalue weighted by Gasteiger charge is -2.23. The minimum atomic E-state index is -0.604. The van der Waals surface area contributed by atoms with Gasteiger partial charge in [0, 0.05) is 4.47 Å². The fourth-order valence-corrected chi connectivity index (χ4v) is 2.57. The van der Waals surface area contributed by atoms with Crippen molar-refractivity contribution in [3.8, 4) is 0 Å². The van der Waals surface area contributed by atoms with Gasteiger partial charge in [0.2, 0.25) is 0 Å². The van der Waals surface area contributed by atoms with Crippen molar-refractivity contribution in [3.05, 3.63) is 22.7 Å². The first-order chi connectivity index (χ1) is 11.5. The first-order valence-electron chi connectivity index (χ1n) is 8.29. The molecule has 0 unspecified atom stereocenters. The van der Waals surface area contributed by atoms with Crippen LogP contribution in [0.15, 0.2) is 22.7 Å². The SMILES string of the molecule is CC(C)C[C@@H](Nc1ccc(Br)cc1N)C(=O)CNC(=O)OC(C)(C)C. The Hall–Kier alpha value is -1.76. The number of nitrogens with one attached hydrogen (secondary N) is 2. The smallest absolute Gasteiger partial charge is 0.408 e. The molecule has 1 atom stereocenters. The van der Waals surface area contributed by atoms with Crippen LogP contribution in [-0.4, -0.2) is 30.1 Å². The maximum Gasteiger partial charge on any atom is 0.408 e. The Morgan fingerprint density at radius 2 is 1.92 bits per heavy atom. The lowest BCUT2D eigenvalue weighted by atomic mass is 9.99. The Balaban J connectivity index is 2.74. The van der Waals surface area contributed by atoms with Crippen LogP contribution in [-0.2, 0) is 9.53 Å². The second-order valence-corrected chi connectivity index (χ2v) is 8.30. The third kappa shape index (κ3) is 8.25. The predicted molar refractivity (Wildman–Crippen MR) is 105 cm³/mol. The summed E-state index contributed by atoms with van der Waals surface area (Å²) in [4.78, 5) is 24.3. The molecule has 1 aromatic rings. The fraction of sp³-hybridized carbons (Fsp3) is 0.556. The highest BCUT2D eigenvalue weighted by molar-refractivity contribution is 9.10. The summed E-state index contributed by atoms with van der Waals surface area (Å²) in [5.74, 6) is 0.182. The van der Waals surface area contributed by atoms with Gasteiger partial charge in [0.25, 0.3) is 0 Å². The Kier molecular flexibility index (Phi) is 7.73. The third-order valence-electron chi connectivity index (χ3n) is 3.24. The Morgan fingerprint density at radius 1 is 1.28 bits per heavy atom. The number of hydrogen-bond donors (Lipinski definition) is 3. The predicted octanol–water partition coefficient (Wildman–Crippen LogP) is 3.95. The Morgan fingerprint density at radius 3 is 2.44 bits per heavy atom. The number of hydrogen-bond acceptors (Lipinski definition) is 5. The van der Waals surface area contributed by atoms with Gasteiger partial charge in [-0.25, -0.2) is 4.79 Å². The average Bonchev–Trinajstić information content (AvgIpc) is 2.44. The molecule has 0 bridgehead atoms. The van der Waals surface area contributed by atoms with Crippen molar-refractivity contribution in [2.75, 3.05) is 17.6 Å². The first kappa shape index (κ1) is 21.3. The van der Waals surface area contributed by atoms with Crippen molar-refractivity contribution >= 4 is 39.2 Å². The largest absolute Gasteiger partial charge is 0.444 e. The molecular formula is C18H28BrN3O3. The lowest BCUT2D eigenvalue weighted by Crippen LogP contribution is -2.41. The Labute approximate surface area is 158 Å². The molecule has 140 valence electrons. The molecule has 1 amide bonds. The number of halogens is 1. The van der Waals surface area contributed by atoms with E-state index < -0.39 is 17.7 Å². The number of anilines is 2. The van der Waals surface area contributed by atoms with Gasteiger partial charge in [-0.3, -0.25) is 4.79 Å². The molecule has 1 aromatic carbocycles. The minimum absolute atomic E-state index is 0.101. The number of alkyl carbamates (subject to hydrolysis) is 1. The normalized spacial score (nSPS) is 12.6. The number of carbonyl (C=O) groups excluding carboxylic acids is 2. The maximum absolute atomic E-state index is 12.5.